The first-order chi connectivity index (χ1) is 16.2. The van der Waals surface area contributed by atoms with E-state index in [9.17, 15) is 28.0 Å². The van der Waals surface area contributed by atoms with Crippen molar-refractivity contribution < 1.29 is 28.0 Å². The number of carbonyl (C=O) groups is 4. The van der Waals surface area contributed by atoms with E-state index < -0.39 is 48.6 Å². The van der Waals surface area contributed by atoms with E-state index in [4.69, 9.17) is 0 Å². The molecule has 34 heavy (non-hydrogen) atoms. The van der Waals surface area contributed by atoms with Gasteiger partial charge in [-0.05, 0) is 42.0 Å². The van der Waals surface area contributed by atoms with Gasteiger partial charge in [0.1, 0.15) is 5.54 Å². The zero-order valence-electron chi connectivity index (χ0n) is 18.3. The van der Waals surface area contributed by atoms with Gasteiger partial charge in [-0.15, -0.1) is 0 Å². The molecule has 7 nitrogen and oxygen atoms in total. The van der Waals surface area contributed by atoms with Crippen LogP contribution < -0.4 is 10.6 Å². The molecule has 1 saturated carbocycles. The maximum Gasteiger partial charge on any atom is 0.325 e. The van der Waals surface area contributed by atoms with E-state index in [1.165, 1.54) is 0 Å². The van der Waals surface area contributed by atoms with Crippen molar-refractivity contribution in [1.82, 2.24) is 10.2 Å². The van der Waals surface area contributed by atoms with Gasteiger partial charge in [0.2, 0.25) is 11.8 Å². The molecule has 1 spiro atoms. The minimum Gasteiger partial charge on any atom is -0.326 e. The third-order valence-corrected chi connectivity index (χ3v) is 6.95. The normalized spacial score (nSPS) is 20.6. The van der Waals surface area contributed by atoms with Gasteiger partial charge in [-0.3, -0.25) is 19.3 Å². The first-order valence-electron chi connectivity index (χ1n) is 11.2. The van der Waals surface area contributed by atoms with Crippen LogP contribution >= 0.6 is 0 Å². The van der Waals surface area contributed by atoms with Crippen LogP contribution in [0.3, 0.4) is 0 Å². The molecule has 2 aliphatic heterocycles. The number of benzene rings is 2. The van der Waals surface area contributed by atoms with E-state index >= 15 is 0 Å². The molecule has 2 heterocycles. The fraction of sp³-hybridized carbons (Fsp3) is 0.360. The van der Waals surface area contributed by atoms with Crippen LogP contribution in [0.2, 0.25) is 0 Å². The van der Waals surface area contributed by atoms with Gasteiger partial charge in [-0.1, -0.05) is 36.4 Å². The van der Waals surface area contributed by atoms with Crippen molar-refractivity contribution in [1.29, 1.82) is 0 Å². The Morgan fingerprint density at radius 1 is 0.941 bits per heavy atom. The number of Topliss-reactive ketones (excluding diaryl/α,β-unsaturated/α-hetero) is 1. The maximum atomic E-state index is 13.5. The monoisotopic (exact) mass is 467 g/mol. The van der Waals surface area contributed by atoms with Crippen LogP contribution in [-0.4, -0.2) is 46.5 Å². The third kappa shape index (κ3) is 3.85. The second-order valence-electron chi connectivity index (χ2n) is 9.14. The fourth-order valence-electron chi connectivity index (χ4n) is 4.97. The Labute approximate surface area is 194 Å². The van der Waals surface area contributed by atoms with Gasteiger partial charge < -0.3 is 10.6 Å². The van der Waals surface area contributed by atoms with E-state index in [-0.39, 0.29) is 18.7 Å². The van der Waals surface area contributed by atoms with Gasteiger partial charge >= 0.3 is 6.03 Å². The van der Waals surface area contributed by atoms with Crippen LogP contribution in [0.15, 0.2) is 42.5 Å². The highest BCUT2D eigenvalue weighted by Crippen LogP contribution is 2.41. The summed E-state index contributed by atoms with van der Waals surface area (Å²) in [4.78, 5) is 50.6. The summed E-state index contributed by atoms with van der Waals surface area (Å²) < 4.78 is 27.1. The molecule has 5 rings (SSSR count). The molecule has 3 aliphatic rings. The Balaban J connectivity index is 1.30. The zero-order chi connectivity index (χ0) is 24.1. The Bertz CT molecular complexity index is 1200. The molecule has 0 aromatic heterocycles. The van der Waals surface area contributed by atoms with Gasteiger partial charge in [0.15, 0.2) is 5.78 Å². The Hall–Kier alpha value is -3.62. The number of carbonyl (C=O) groups excluding carboxylic acids is 4. The lowest BCUT2D eigenvalue weighted by Gasteiger charge is -2.34. The fourth-order valence-corrected chi connectivity index (χ4v) is 4.97. The standard InChI is InChI=1S/C25H23F2N3O4/c26-25(27)12-10-24(11-13-25)22(33)30(23(34)29-24)14-20(31)16-6-4-15(5-7-16)17-2-1-3-19-18(17)8-9-21(32)28-19/h1-7H,8-14H2,(H,28,32)(H,29,34). The average Bonchev–Trinajstić information content (AvgIpc) is 3.05. The number of rotatable bonds is 4. The summed E-state index contributed by atoms with van der Waals surface area (Å²) in [5.74, 6) is -3.90. The number of imide groups is 1. The van der Waals surface area contributed by atoms with Gasteiger partial charge in [-0.2, -0.15) is 0 Å². The number of alkyl halides is 2. The summed E-state index contributed by atoms with van der Waals surface area (Å²) in [6.07, 6.45) is -0.217. The summed E-state index contributed by atoms with van der Waals surface area (Å²) >= 11 is 0. The van der Waals surface area contributed by atoms with E-state index in [0.717, 1.165) is 27.3 Å². The zero-order valence-corrected chi connectivity index (χ0v) is 18.3. The number of hydrogen-bond acceptors (Lipinski definition) is 4. The molecule has 0 radical (unpaired) electrons. The van der Waals surface area contributed by atoms with Gasteiger partial charge in [0.05, 0.1) is 6.54 Å². The molecular weight excluding hydrogens is 444 g/mol. The molecule has 2 N–H and O–H groups in total. The molecule has 4 amide bonds. The second-order valence-corrected chi connectivity index (χ2v) is 9.14. The van der Waals surface area contributed by atoms with Crippen LogP contribution in [-0.2, 0) is 16.0 Å². The maximum absolute atomic E-state index is 13.5. The lowest BCUT2D eigenvalue weighted by molar-refractivity contribution is -0.135. The van der Waals surface area contributed by atoms with Crippen LogP contribution in [0.1, 0.15) is 48.0 Å². The average molecular weight is 467 g/mol. The molecular formula is C25H23F2N3O4. The number of halogens is 2. The topological polar surface area (TPSA) is 95.6 Å². The summed E-state index contributed by atoms with van der Waals surface area (Å²) in [7, 11) is 0. The lowest BCUT2D eigenvalue weighted by Crippen LogP contribution is -2.51. The SMILES string of the molecule is O=C1CCc2c(cccc2-c2ccc(C(=O)CN3C(=O)NC4(CCC(F)(F)CC4)C3=O)cc2)N1. The summed E-state index contributed by atoms with van der Waals surface area (Å²) in [5.41, 5.74) is 2.64. The van der Waals surface area contributed by atoms with Crippen molar-refractivity contribution in [2.75, 3.05) is 11.9 Å². The molecule has 0 unspecified atom stereocenters. The highest BCUT2D eigenvalue weighted by Gasteiger charge is 2.55. The van der Waals surface area contributed by atoms with E-state index in [1.807, 2.05) is 18.2 Å². The van der Waals surface area contributed by atoms with Gasteiger partial charge in [0.25, 0.3) is 5.91 Å². The minimum atomic E-state index is -2.84. The van der Waals surface area contributed by atoms with E-state index in [1.54, 1.807) is 24.3 Å². The number of nitrogens with zero attached hydrogens (tertiary/aromatic N) is 1. The summed E-state index contributed by atoms with van der Waals surface area (Å²) in [6, 6.07) is 11.8. The van der Waals surface area contributed by atoms with Crippen molar-refractivity contribution >= 4 is 29.3 Å². The summed E-state index contributed by atoms with van der Waals surface area (Å²) in [6.45, 7) is -0.449. The first kappa shape index (κ1) is 22.2. The van der Waals surface area contributed by atoms with Crippen molar-refractivity contribution in [3.8, 4) is 11.1 Å². The lowest BCUT2D eigenvalue weighted by atomic mass is 9.80. The van der Waals surface area contributed by atoms with Crippen LogP contribution in [0.25, 0.3) is 11.1 Å². The smallest absolute Gasteiger partial charge is 0.325 e. The van der Waals surface area contributed by atoms with Crippen molar-refractivity contribution in [3.63, 3.8) is 0 Å². The molecule has 1 saturated heterocycles. The number of amides is 4. The number of urea groups is 1. The second kappa shape index (κ2) is 8.00. The van der Waals surface area contributed by atoms with E-state index in [2.05, 4.69) is 10.6 Å². The molecule has 176 valence electrons. The van der Waals surface area contributed by atoms with Crippen LogP contribution in [0, 0.1) is 0 Å². The predicted octanol–water partition coefficient (Wildman–Crippen LogP) is 3.92. The third-order valence-electron chi connectivity index (χ3n) is 6.95. The quantitative estimate of drug-likeness (QED) is 0.526. The number of ketones is 1. The molecule has 1 aliphatic carbocycles. The minimum absolute atomic E-state index is 0.0187. The number of nitrogens with one attached hydrogen (secondary N) is 2. The van der Waals surface area contributed by atoms with Gasteiger partial charge in [-0.25, -0.2) is 13.6 Å². The van der Waals surface area contributed by atoms with Crippen molar-refractivity contribution in [2.24, 2.45) is 0 Å². The molecule has 0 bridgehead atoms. The van der Waals surface area contributed by atoms with Crippen LogP contribution in [0.4, 0.5) is 19.3 Å². The number of hydrogen-bond donors (Lipinski definition) is 2. The van der Waals surface area contributed by atoms with Gasteiger partial charge in [0, 0.05) is 30.5 Å². The Kier molecular flexibility index (Phi) is 5.22. The van der Waals surface area contributed by atoms with E-state index in [0.29, 0.717) is 18.4 Å². The molecule has 2 aromatic carbocycles. The molecule has 2 aromatic rings. The van der Waals surface area contributed by atoms with Crippen molar-refractivity contribution in [3.05, 3.63) is 53.6 Å². The number of anilines is 1. The Morgan fingerprint density at radius 2 is 1.65 bits per heavy atom. The predicted molar refractivity (Wildman–Crippen MR) is 120 cm³/mol. The summed E-state index contributed by atoms with van der Waals surface area (Å²) in [5, 5.41) is 5.42. The first-order valence-corrected chi connectivity index (χ1v) is 11.2. The highest BCUT2D eigenvalue weighted by atomic mass is 19.3. The number of fused-ring (bicyclic) bond motifs is 1. The Morgan fingerprint density at radius 3 is 2.35 bits per heavy atom. The largest absolute Gasteiger partial charge is 0.326 e. The molecule has 2 fully saturated rings. The highest BCUT2D eigenvalue weighted by molar-refractivity contribution is 6.11. The molecule has 0 atom stereocenters. The molecule has 9 heteroatoms. The van der Waals surface area contributed by atoms with Crippen molar-refractivity contribution in [2.45, 2.75) is 50.0 Å². The van der Waals surface area contributed by atoms with Crippen LogP contribution in [0.5, 0.6) is 0 Å².